The number of benzene rings is 2. The highest BCUT2D eigenvalue weighted by Crippen LogP contribution is 2.20. The summed E-state index contributed by atoms with van der Waals surface area (Å²) in [6.07, 6.45) is 0. The van der Waals surface area contributed by atoms with E-state index in [1.165, 1.54) is 12.1 Å². The van der Waals surface area contributed by atoms with Gasteiger partial charge in [-0.1, -0.05) is 15.9 Å². The predicted molar refractivity (Wildman–Crippen MR) is 80.3 cm³/mol. The van der Waals surface area contributed by atoms with E-state index in [9.17, 15) is 9.18 Å². The van der Waals surface area contributed by atoms with Crippen molar-refractivity contribution in [3.63, 3.8) is 0 Å². The minimum absolute atomic E-state index is 0.231. The normalized spacial score (nSPS) is 10.9. The van der Waals surface area contributed by atoms with Gasteiger partial charge in [0.1, 0.15) is 5.82 Å². The Morgan fingerprint density at radius 3 is 2.75 bits per heavy atom. The number of aromatic nitrogens is 2. The Morgan fingerprint density at radius 2 is 1.90 bits per heavy atom. The Hall–Kier alpha value is -2.08. The van der Waals surface area contributed by atoms with Crippen molar-refractivity contribution in [2.45, 2.75) is 6.54 Å². The summed E-state index contributed by atoms with van der Waals surface area (Å²) in [7, 11) is 0. The van der Waals surface area contributed by atoms with Crippen molar-refractivity contribution in [1.82, 2.24) is 9.97 Å². The summed E-state index contributed by atoms with van der Waals surface area (Å²) in [4.78, 5) is 16.6. The first-order valence-corrected chi connectivity index (χ1v) is 6.81. The number of hydrogen-bond donors (Lipinski definition) is 3. The van der Waals surface area contributed by atoms with Gasteiger partial charge in [0, 0.05) is 16.7 Å². The first kappa shape index (κ1) is 12.9. The van der Waals surface area contributed by atoms with Gasteiger partial charge in [-0.25, -0.2) is 9.18 Å². The molecule has 0 spiro atoms. The zero-order chi connectivity index (χ0) is 14.1. The second kappa shape index (κ2) is 5.13. The summed E-state index contributed by atoms with van der Waals surface area (Å²) in [5.41, 5.74) is 2.94. The van der Waals surface area contributed by atoms with Crippen LogP contribution >= 0.6 is 15.9 Å². The van der Waals surface area contributed by atoms with Gasteiger partial charge in [0.15, 0.2) is 0 Å². The molecule has 20 heavy (non-hydrogen) atoms. The smallest absolute Gasteiger partial charge is 0.323 e. The van der Waals surface area contributed by atoms with Crippen LogP contribution in [0.2, 0.25) is 0 Å². The standard InChI is InChI=1S/C14H11BrFN3O/c15-11-3-1-9(16)5-8(11)7-17-10-2-4-12-13(6-10)19-14(20)18-12/h1-6,17H,7H2,(H2,18,19,20). The summed E-state index contributed by atoms with van der Waals surface area (Å²) in [6.45, 7) is 0.485. The van der Waals surface area contributed by atoms with Crippen LogP contribution in [0.25, 0.3) is 11.0 Å². The second-order valence-electron chi connectivity index (χ2n) is 4.43. The van der Waals surface area contributed by atoms with E-state index in [4.69, 9.17) is 0 Å². The topological polar surface area (TPSA) is 60.7 Å². The van der Waals surface area contributed by atoms with Crippen molar-refractivity contribution in [2.24, 2.45) is 0 Å². The van der Waals surface area contributed by atoms with Crippen LogP contribution in [0.3, 0.4) is 0 Å². The fourth-order valence-electron chi connectivity index (χ4n) is 2.02. The Morgan fingerprint density at radius 1 is 1.10 bits per heavy atom. The molecule has 1 heterocycles. The molecule has 0 aliphatic rings. The molecule has 0 aliphatic heterocycles. The van der Waals surface area contributed by atoms with E-state index in [1.807, 2.05) is 18.2 Å². The monoisotopic (exact) mass is 335 g/mol. The van der Waals surface area contributed by atoms with Gasteiger partial charge in [0.05, 0.1) is 11.0 Å². The zero-order valence-electron chi connectivity index (χ0n) is 10.3. The number of hydrogen-bond acceptors (Lipinski definition) is 2. The number of imidazole rings is 1. The van der Waals surface area contributed by atoms with Crippen LogP contribution in [0.4, 0.5) is 10.1 Å². The first-order valence-electron chi connectivity index (χ1n) is 6.02. The van der Waals surface area contributed by atoms with E-state index in [0.29, 0.717) is 6.54 Å². The highest BCUT2D eigenvalue weighted by molar-refractivity contribution is 9.10. The van der Waals surface area contributed by atoms with Gasteiger partial charge in [-0.05, 0) is 42.0 Å². The molecule has 0 bridgehead atoms. The van der Waals surface area contributed by atoms with Crippen molar-refractivity contribution < 1.29 is 4.39 Å². The lowest BCUT2D eigenvalue weighted by molar-refractivity contribution is 0.625. The maximum atomic E-state index is 13.2. The van der Waals surface area contributed by atoms with E-state index in [0.717, 1.165) is 26.8 Å². The molecule has 3 aromatic rings. The first-order chi connectivity index (χ1) is 9.61. The van der Waals surface area contributed by atoms with Crippen LogP contribution in [-0.4, -0.2) is 9.97 Å². The fourth-order valence-corrected chi connectivity index (χ4v) is 2.41. The molecular weight excluding hydrogens is 325 g/mol. The third-order valence-electron chi connectivity index (χ3n) is 3.01. The lowest BCUT2D eigenvalue weighted by atomic mass is 10.2. The summed E-state index contributed by atoms with van der Waals surface area (Å²) < 4.78 is 14.0. The number of nitrogens with one attached hydrogen (secondary N) is 3. The average molecular weight is 336 g/mol. The molecule has 0 atom stereocenters. The predicted octanol–water partition coefficient (Wildman–Crippen LogP) is 3.37. The summed E-state index contributed by atoms with van der Waals surface area (Å²) in [5, 5.41) is 3.20. The Bertz CT molecular complexity index is 825. The van der Waals surface area contributed by atoms with Gasteiger partial charge in [-0.15, -0.1) is 0 Å². The summed E-state index contributed by atoms with van der Waals surface area (Å²) in [5.74, 6) is -0.268. The van der Waals surface area contributed by atoms with Gasteiger partial charge in [0.2, 0.25) is 0 Å². The number of rotatable bonds is 3. The molecule has 0 aliphatic carbocycles. The van der Waals surface area contributed by atoms with Crippen molar-refractivity contribution in [3.05, 3.63) is 62.7 Å². The molecule has 102 valence electrons. The average Bonchev–Trinajstić information content (AvgIpc) is 2.79. The van der Waals surface area contributed by atoms with E-state index in [-0.39, 0.29) is 11.5 Å². The lowest BCUT2D eigenvalue weighted by Crippen LogP contribution is -2.00. The molecule has 6 heteroatoms. The van der Waals surface area contributed by atoms with Crippen molar-refractivity contribution in [1.29, 1.82) is 0 Å². The third kappa shape index (κ3) is 2.60. The van der Waals surface area contributed by atoms with E-state index < -0.39 is 0 Å². The largest absolute Gasteiger partial charge is 0.381 e. The maximum Gasteiger partial charge on any atom is 0.323 e. The lowest BCUT2D eigenvalue weighted by Gasteiger charge is -2.08. The second-order valence-corrected chi connectivity index (χ2v) is 5.28. The number of anilines is 1. The van der Waals surface area contributed by atoms with E-state index in [2.05, 4.69) is 31.2 Å². The molecule has 0 amide bonds. The molecule has 3 N–H and O–H groups in total. The minimum atomic E-state index is -0.268. The van der Waals surface area contributed by atoms with Gasteiger partial charge >= 0.3 is 5.69 Å². The Balaban J connectivity index is 1.82. The molecule has 0 saturated heterocycles. The van der Waals surface area contributed by atoms with Crippen LogP contribution in [0.5, 0.6) is 0 Å². The molecular formula is C14H11BrFN3O. The zero-order valence-corrected chi connectivity index (χ0v) is 11.9. The quantitative estimate of drug-likeness (QED) is 0.687. The number of halogens is 2. The van der Waals surface area contributed by atoms with E-state index in [1.54, 1.807) is 6.07 Å². The van der Waals surface area contributed by atoms with Gasteiger partial charge in [0.25, 0.3) is 0 Å². The SMILES string of the molecule is O=c1[nH]c2ccc(NCc3cc(F)ccc3Br)cc2[nH]1. The Labute approximate surface area is 122 Å². The van der Waals surface area contributed by atoms with E-state index >= 15 is 0 Å². The minimum Gasteiger partial charge on any atom is -0.381 e. The molecule has 2 aromatic carbocycles. The number of fused-ring (bicyclic) bond motifs is 1. The van der Waals surface area contributed by atoms with Crippen LogP contribution in [0, 0.1) is 5.82 Å². The molecule has 0 radical (unpaired) electrons. The van der Waals surface area contributed by atoms with Crippen LogP contribution in [0.15, 0.2) is 45.7 Å². The van der Waals surface area contributed by atoms with Crippen molar-refractivity contribution in [2.75, 3.05) is 5.32 Å². The van der Waals surface area contributed by atoms with Gasteiger partial charge < -0.3 is 15.3 Å². The molecule has 0 fully saturated rings. The Kier molecular flexibility index (Phi) is 3.31. The van der Waals surface area contributed by atoms with Crippen LogP contribution in [-0.2, 0) is 6.54 Å². The highest BCUT2D eigenvalue weighted by atomic mass is 79.9. The fraction of sp³-hybridized carbons (Fsp3) is 0.0714. The molecule has 3 rings (SSSR count). The maximum absolute atomic E-state index is 13.2. The van der Waals surface area contributed by atoms with Crippen LogP contribution in [0.1, 0.15) is 5.56 Å². The molecule has 1 aromatic heterocycles. The van der Waals surface area contributed by atoms with Gasteiger partial charge in [-0.2, -0.15) is 0 Å². The van der Waals surface area contributed by atoms with Gasteiger partial charge in [-0.3, -0.25) is 0 Å². The van der Waals surface area contributed by atoms with Crippen molar-refractivity contribution >= 4 is 32.7 Å². The number of aromatic amines is 2. The summed E-state index contributed by atoms with van der Waals surface area (Å²) >= 11 is 3.39. The molecule has 4 nitrogen and oxygen atoms in total. The highest BCUT2D eigenvalue weighted by Gasteiger charge is 2.03. The molecule has 0 saturated carbocycles. The van der Waals surface area contributed by atoms with Crippen molar-refractivity contribution in [3.8, 4) is 0 Å². The number of H-pyrrole nitrogens is 2. The third-order valence-corrected chi connectivity index (χ3v) is 3.78. The van der Waals surface area contributed by atoms with Crippen LogP contribution < -0.4 is 11.0 Å². The molecule has 0 unspecified atom stereocenters. The summed E-state index contributed by atoms with van der Waals surface area (Å²) in [6, 6.07) is 10.1.